The molecule has 0 atom stereocenters. The first-order chi connectivity index (χ1) is 13.3. The Balaban J connectivity index is 1.62. The maximum atomic E-state index is 4.83. The van der Waals surface area contributed by atoms with Crippen molar-refractivity contribution in [2.24, 2.45) is 0 Å². The molecule has 136 valence electrons. The molecule has 0 fully saturated rings. The van der Waals surface area contributed by atoms with Crippen LogP contribution in [0.25, 0.3) is 22.4 Å². The molecule has 3 aromatic heterocycles. The average molecular weight is 357 g/mol. The minimum Gasteiger partial charge on any atom is -0.339 e. The Bertz CT molecular complexity index is 1030. The second-order valence-corrected chi connectivity index (χ2v) is 6.52. The lowest BCUT2D eigenvalue weighted by Gasteiger charge is -2.09. The third kappa shape index (κ3) is 3.53. The summed E-state index contributed by atoms with van der Waals surface area (Å²) in [6.07, 6.45) is 5.71. The van der Waals surface area contributed by atoms with Gasteiger partial charge in [0.25, 0.3) is 0 Å². The number of para-hydroxylation sites is 2. The molecule has 0 radical (unpaired) electrons. The molecule has 0 aliphatic carbocycles. The number of hydrogen-bond acceptors (Lipinski definition) is 4. The number of fused-ring (bicyclic) bond motifs is 1. The van der Waals surface area contributed by atoms with Crippen LogP contribution in [0.3, 0.4) is 0 Å². The number of aromatic nitrogens is 4. The summed E-state index contributed by atoms with van der Waals surface area (Å²) in [4.78, 5) is 13.8. The number of aryl methyl sites for hydroxylation is 2. The van der Waals surface area contributed by atoms with Crippen LogP contribution in [0.4, 0.5) is 11.5 Å². The van der Waals surface area contributed by atoms with Crippen molar-refractivity contribution >= 4 is 22.5 Å². The van der Waals surface area contributed by atoms with E-state index in [1.54, 1.807) is 0 Å². The van der Waals surface area contributed by atoms with Crippen LogP contribution in [0.1, 0.15) is 26.0 Å². The van der Waals surface area contributed by atoms with Crippen molar-refractivity contribution in [1.82, 2.24) is 19.5 Å². The van der Waals surface area contributed by atoms with Gasteiger partial charge in [0, 0.05) is 24.0 Å². The average Bonchev–Trinajstić information content (AvgIpc) is 3.08. The van der Waals surface area contributed by atoms with Crippen LogP contribution in [-0.2, 0) is 13.0 Å². The summed E-state index contributed by atoms with van der Waals surface area (Å²) in [5, 5.41) is 3.30. The van der Waals surface area contributed by atoms with Gasteiger partial charge in [-0.3, -0.25) is 4.98 Å². The Morgan fingerprint density at radius 1 is 0.926 bits per heavy atom. The summed E-state index contributed by atoms with van der Waals surface area (Å²) in [5.41, 5.74) is 5.22. The summed E-state index contributed by atoms with van der Waals surface area (Å²) >= 11 is 0. The van der Waals surface area contributed by atoms with Crippen molar-refractivity contribution < 1.29 is 0 Å². The highest BCUT2D eigenvalue weighted by Gasteiger charge is 2.12. The lowest BCUT2D eigenvalue weighted by Crippen LogP contribution is -2.00. The van der Waals surface area contributed by atoms with E-state index in [4.69, 9.17) is 4.98 Å². The standard InChI is InChI=1S/C22H23N5/c1-3-13-27-20-8-6-5-7-19(20)26-22(27)16-9-12-21(24-14-16)25-18-11-10-17(4-2)23-15-18/h5-12,14-15H,3-4,13H2,1-2H3,(H,24,25). The highest BCUT2D eigenvalue weighted by atomic mass is 15.1. The molecule has 3 heterocycles. The minimum absolute atomic E-state index is 0.794. The van der Waals surface area contributed by atoms with Crippen molar-refractivity contribution in [3.63, 3.8) is 0 Å². The van der Waals surface area contributed by atoms with Crippen LogP contribution >= 0.6 is 0 Å². The normalized spacial score (nSPS) is 11.0. The third-order valence-corrected chi connectivity index (χ3v) is 4.58. The Labute approximate surface area is 159 Å². The first-order valence-electron chi connectivity index (χ1n) is 9.42. The largest absolute Gasteiger partial charge is 0.339 e. The molecule has 4 aromatic rings. The van der Waals surface area contributed by atoms with Gasteiger partial charge in [-0.25, -0.2) is 9.97 Å². The van der Waals surface area contributed by atoms with Gasteiger partial charge in [-0.1, -0.05) is 26.0 Å². The SMILES string of the molecule is CCCn1c(-c2ccc(Nc3ccc(CC)nc3)nc2)nc2ccccc21. The summed E-state index contributed by atoms with van der Waals surface area (Å²) in [7, 11) is 0. The number of hydrogen-bond donors (Lipinski definition) is 1. The molecule has 1 aromatic carbocycles. The minimum atomic E-state index is 0.794. The molecule has 0 aliphatic heterocycles. The maximum Gasteiger partial charge on any atom is 0.142 e. The van der Waals surface area contributed by atoms with Gasteiger partial charge in [-0.05, 0) is 49.2 Å². The van der Waals surface area contributed by atoms with E-state index in [0.717, 1.165) is 53.5 Å². The van der Waals surface area contributed by atoms with E-state index in [1.807, 2.05) is 36.7 Å². The lowest BCUT2D eigenvalue weighted by molar-refractivity contribution is 0.704. The summed E-state index contributed by atoms with van der Waals surface area (Å²) in [6, 6.07) is 16.4. The molecule has 0 spiro atoms. The predicted octanol–water partition coefficient (Wildman–Crippen LogP) is 5.21. The molecule has 5 heteroatoms. The van der Waals surface area contributed by atoms with Gasteiger partial charge in [0.15, 0.2) is 0 Å². The second kappa shape index (κ2) is 7.58. The Morgan fingerprint density at radius 2 is 1.81 bits per heavy atom. The zero-order valence-corrected chi connectivity index (χ0v) is 15.7. The third-order valence-electron chi connectivity index (χ3n) is 4.58. The predicted molar refractivity (Wildman–Crippen MR) is 110 cm³/mol. The maximum absolute atomic E-state index is 4.83. The molecule has 0 saturated carbocycles. The topological polar surface area (TPSA) is 55.6 Å². The van der Waals surface area contributed by atoms with Gasteiger partial charge >= 0.3 is 0 Å². The number of pyridine rings is 2. The Morgan fingerprint density at radius 3 is 2.52 bits per heavy atom. The first kappa shape index (κ1) is 17.2. The molecule has 4 rings (SSSR count). The van der Waals surface area contributed by atoms with Crippen molar-refractivity contribution in [3.05, 3.63) is 66.6 Å². The van der Waals surface area contributed by atoms with Crippen molar-refractivity contribution in [3.8, 4) is 11.4 Å². The molecule has 0 unspecified atom stereocenters. The van der Waals surface area contributed by atoms with Gasteiger partial charge < -0.3 is 9.88 Å². The van der Waals surface area contributed by atoms with E-state index in [1.165, 1.54) is 5.52 Å². The zero-order valence-electron chi connectivity index (χ0n) is 15.7. The number of rotatable bonds is 6. The molecule has 5 nitrogen and oxygen atoms in total. The number of anilines is 2. The molecular weight excluding hydrogens is 334 g/mol. The van der Waals surface area contributed by atoms with E-state index in [0.29, 0.717) is 0 Å². The monoisotopic (exact) mass is 357 g/mol. The number of benzene rings is 1. The molecule has 1 N–H and O–H groups in total. The van der Waals surface area contributed by atoms with Crippen LogP contribution in [0.15, 0.2) is 60.9 Å². The second-order valence-electron chi connectivity index (χ2n) is 6.52. The fourth-order valence-electron chi connectivity index (χ4n) is 3.20. The van der Waals surface area contributed by atoms with E-state index in [9.17, 15) is 0 Å². The van der Waals surface area contributed by atoms with Crippen LogP contribution in [0.5, 0.6) is 0 Å². The number of nitrogens with one attached hydrogen (secondary N) is 1. The van der Waals surface area contributed by atoms with Crippen LogP contribution in [0.2, 0.25) is 0 Å². The van der Waals surface area contributed by atoms with Gasteiger partial charge in [-0.2, -0.15) is 0 Å². The fourth-order valence-corrected chi connectivity index (χ4v) is 3.20. The quantitative estimate of drug-likeness (QED) is 0.515. The van der Waals surface area contributed by atoms with E-state index < -0.39 is 0 Å². The van der Waals surface area contributed by atoms with Gasteiger partial charge in [0.1, 0.15) is 11.6 Å². The Kier molecular flexibility index (Phi) is 4.83. The molecule has 0 saturated heterocycles. The highest BCUT2D eigenvalue weighted by Crippen LogP contribution is 2.26. The molecular formula is C22H23N5. The molecule has 0 bridgehead atoms. The van der Waals surface area contributed by atoms with E-state index >= 15 is 0 Å². The van der Waals surface area contributed by atoms with E-state index in [-0.39, 0.29) is 0 Å². The van der Waals surface area contributed by atoms with Crippen LogP contribution < -0.4 is 5.32 Å². The number of imidazole rings is 1. The van der Waals surface area contributed by atoms with Crippen molar-refractivity contribution in [1.29, 1.82) is 0 Å². The molecule has 27 heavy (non-hydrogen) atoms. The fraction of sp³-hybridized carbons (Fsp3) is 0.227. The van der Waals surface area contributed by atoms with Gasteiger partial charge in [0.2, 0.25) is 0 Å². The molecule has 0 amide bonds. The summed E-state index contributed by atoms with van der Waals surface area (Å²) in [5.74, 6) is 1.76. The summed E-state index contributed by atoms with van der Waals surface area (Å²) < 4.78 is 2.27. The highest BCUT2D eigenvalue weighted by molar-refractivity contribution is 5.80. The summed E-state index contributed by atoms with van der Waals surface area (Å²) in [6.45, 7) is 5.22. The molecule has 0 aliphatic rings. The smallest absolute Gasteiger partial charge is 0.142 e. The van der Waals surface area contributed by atoms with Gasteiger partial charge in [0.05, 0.1) is 22.9 Å². The van der Waals surface area contributed by atoms with Crippen molar-refractivity contribution in [2.45, 2.75) is 33.2 Å². The van der Waals surface area contributed by atoms with E-state index in [2.05, 4.69) is 58.0 Å². The van der Waals surface area contributed by atoms with Crippen LogP contribution in [-0.4, -0.2) is 19.5 Å². The first-order valence-corrected chi connectivity index (χ1v) is 9.42. The zero-order chi connectivity index (χ0) is 18.6. The van der Waals surface area contributed by atoms with Crippen LogP contribution in [0, 0.1) is 0 Å². The van der Waals surface area contributed by atoms with Gasteiger partial charge in [-0.15, -0.1) is 0 Å². The van der Waals surface area contributed by atoms with Crippen molar-refractivity contribution in [2.75, 3.05) is 5.32 Å². The Hall–Kier alpha value is -3.21. The number of nitrogens with zero attached hydrogens (tertiary/aromatic N) is 4. The lowest BCUT2D eigenvalue weighted by atomic mass is 10.2.